The molecule has 0 radical (unpaired) electrons. The van der Waals surface area contributed by atoms with Gasteiger partial charge in [-0.3, -0.25) is 0 Å². The van der Waals surface area contributed by atoms with Gasteiger partial charge in [-0.25, -0.2) is 8.78 Å². The molecule has 0 aliphatic heterocycles. The van der Waals surface area contributed by atoms with Crippen LogP contribution < -0.4 is 10.1 Å². The van der Waals surface area contributed by atoms with Gasteiger partial charge in [0.1, 0.15) is 30.5 Å². The van der Waals surface area contributed by atoms with Crippen molar-refractivity contribution < 1.29 is 18.3 Å². The summed E-state index contributed by atoms with van der Waals surface area (Å²) in [5, 5.41) is 28.5. The van der Waals surface area contributed by atoms with Gasteiger partial charge in [0.15, 0.2) is 23.0 Å². The van der Waals surface area contributed by atoms with E-state index in [1.807, 2.05) is 0 Å². The number of methoxy groups -OCH3 is 1. The number of benzene rings is 1. The van der Waals surface area contributed by atoms with Gasteiger partial charge in [-0.15, -0.1) is 0 Å². The minimum Gasteiger partial charge on any atom is -0.485 e. The molecule has 0 bridgehead atoms. The van der Waals surface area contributed by atoms with Gasteiger partial charge in [0.05, 0.1) is 6.61 Å². The topological polar surface area (TPSA) is 102 Å². The number of anilines is 1. The fourth-order valence-electron chi connectivity index (χ4n) is 1.42. The van der Waals surface area contributed by atoms with Crippen LogP contribution in [0.2, 0.25) is 0 Å². The minimum absolute atomic E-state index is 0.0342. The van der Waals surface area contributed by atoms with Crippen LogP contribution in [0, 0.1) is 45.6 Å². The van der Waals surface area contributed by atoms with E-state index in [1.165, 1.54) is 19.2 Å². The van der Waals surface area contributed by atoms with Crippen molar-refractivity contribution in [3.63, 3.8) is 0 Å². The van der Waals surface area contributed by atoms with Crippen molar-refractivity contribution in [3.8, 4) is 24.0 Å². The highest BCUT2D eigenvalue weighted by Crippen LogP contribution is 2.26. The molecule has 8 heteroatoms. The lowest BCUT2D eigenvalue weighted by molar-refractivity contribution is 0.141. The number of nitriles is 3. The van der Waals surface area contributed by atoms with E-state index in [4.69, 9.17) is 25.3 Å². The summed E-state index contributed by atoms with van der Waals surface area (Å²) < 4.78 is 37.2. The van der Waals surface area contributed by atoms with E-state index < -0.39 is 28.7 Å². The van der Waals surface area contributed by atoms with Gasteiger partial charge in [0.2, 0.25) is 0 Å². The lowest BCUT2D eigenvalue weighted by Crippen LogP contribution is -2.08. The zero-order valence-electron chi connectivity index (χ0n) is 11.5. The van der Waals surface area contributed by atoms with Crippen LogP contribution in [0.4, 0.5) is 14.5 Å². The molecule has 0 unspecified atom stereocenters. The maximum Gasteiger partial charge on any atom is 0.190 e. The molecule has 112 valence electrons. The second kappa shape index (κ2) is 8.21. The van der Waals surface area contributed by atoms with E-state index in [0.717, 1.165) is 12.1 Å². The fraction of sp³-hybridized carbons (Fsp3) is 0.214. The molecule has 0 aromatic heterocycles. The predicted octanol–water partition coefficient (Wildman–Crippen LogP) is 2.23. The maximum atomic E-state index is 13.8. The average molecular weight is 304 g/mol. The van der Waals surface area contributed by atoms with Gasteiger partial charge in [-0.1, -0.05) is 0 Å². The summed E-state index contributed by atoms with van der Waals surface area (Å²) in [6, 6.07) is 6.36. The third-order valence-corrected chi connectivity index (χ3v) is 2.39. The Bertz CT molecular complexity index is 672. The van der Waals surface area contributed by atoms with Crippen LogP contribution in [0.5, 0.6) is 5.75 Å². The summed E-state index contributed by atoms with van der Waals surface area (Å²) >= 11 is 0. The molecule has 0 heterocycles. The van der Waals surface area contributed by atoms with E-state index in [-0.39, 0.29) is 18.9 Å². The third-order valence-electron chi connectivity index (χ3n) is 2.39. The van der Waals surface area contributed by atoms with Crippen LogP contribution in [-0.4, -0.2) is 20.3 Å². The fourth-order valence-corrected chi connectivity index (χ4v) is 1.42. The number of halogens is 2. The summed E-state index contributed by atoms with van der Waals surface area (Å²) in [6.07, 6.45) is 0. The van der Waals surface area contributed by atoms with Crippen molar-refractivity contribution in [2.45, 2.75) is 0 Å². The molecule has 0 saturated carbocycles. The maximum absolute atomic E-state index is 13.8. The van der Waals surface area contributed by atoms with Crippen molar-refractivity contribution >= 4 is 5.69 Å². The van der Waals surface area contributed by atoms with E-state index in [2.05, 4.69) is 5.32 Å². The Morgan fingerprint density at radius 2 is 1.68 bits per heavy atom. The third kappa shape index (κ3) is 4.17. The van der Waals surface area contributed by atoms with Gasteiger partial charge < -0.3 is 14.8 Å². The Labute approximate surface area is 125 Å². The molecule has 22 heavy (non-hydrogen) atoms. The summed E-state index contributed by atoms with van der Waals surface area (Å²) in [6.45, 7) is 0.126. The van der Waals surface area contributed by atoms with Crippen LogP contribution in [0.1, 0.15) is 0 Å². The van der Waals surface area contributed by atoms with Gasteiger partial charge in [-0.2, -0.15) is 15.8 Å². The molecule has 0 fully saturated rings. The molecular weight excluding hydrogens is 294 g/mol. The van der Waals surface area contributed by atoms with Crippen LogP contribution in [0.3, 0.4) is 0 Å². The molecule has 1 rings (SSSR count). The summed E-state index contributed by atoms with van der Waals surface area (Å²) in [7, 11) is 1.42. The second-order valence-corrected chi connectivity index (χ2v) is 3.82. The highest BCUT2D eigenvalue weighted by atomic mass is 19.1. The lowest BCUT2D eigenvalue weighted by atomic mass is 10.2. The van der Waals surface area contributed by atoms with E-state index >= 15 is 0 Å². The largest absolute Gasteiger partial charge is 0.485 e. The molecule has 1 aromatic carbocycles. The predicted molar refractivity (Wildman–Crippen MR) is 71.2 cm³/mol. The molecule has 0 saturated heterocycles. The van der Waals surface area contributed by atoms with E-state index in [0.29, 0.717) is 0 Å². The first-order valence-electron chi connectivity index (χ1n) is 5.89. The van der Waals surface area contributed by atoms with Crippen LogP contribution >= 0.6 is 0 Å². The Hall–Kier alpha value is -3.15. The smallest absolute Gasteiger partial charge is 0.190 e. The van der Waals surface area contributed by atoms with Crippen molar-refractivity contribution in [1.82, 2.24) is 0 Å². The summed E-state index contributed by atoms with van der Waals surface area (Å²) in [5.74, 6) is -2.57. The Balaban J connectivity index is 3.06. The molecule has 1 aromatic rings. The highest BCUT2D eigenvalue weighted by molar-refractivity contribution is 5.59. The first kappa shape index (κ1) is 16.9. The van der Waals surface area contributed by atoms with Crippen LogP contribution in [0.15, 0.2) is 23.4 Å². The van der Waals surface area contributed by atoms with Gasteiger partial charge in [-0.05, 0) is 0 Å². The first-order valence-corrected chi connectivity index (χ1v) is 5.89. The number of hydrogen-bond acceptors (Lipinski definition) is 6. The zero-order chi connectivity index (χ0) is 16.5. The van der Waals surface area contributed by atoms with Gasteiger partial charge in [0, 0.05) is 24.9 Å². The average Bonchev–Trinajstić information content (AvgIpc) is 2.50. The first-order chi connectivity index (χ1) is 10.6. The molecule has 1 N–H and O–H groups in total. The summed E-state index contributed by atoms with van der Waals surface area (Å²) in [5.41, 5.74) is -1.03. The number of nitrogens with zero attached hydrogens (tertiary/aromatic N) is 3. The Morgan fingerprint density at radius 1 is 1.09 bits per heavy atom. The van der Waals surface area contributed by atoms with Gasteiger partial charge in [0.25, 0.3) is 0 Å². The normalized spacial score (nSPS) is 9.09. The Morgan fingerprint density at radius 3 is 2.14 bits per heavy atom. The van der Waals surface area contributed by atoms with Crippen molar-refractivity contribution in [1.29, 1.82) is 15.8 Å². The molecule has 0 spiro atoms. The zero-order valence-corrected chi connectivity index (χ0v) is 11.5. The number of allylic oxidation sites excluding steroid dienone is 2. The second-order valence-electron chi connectivity index (χ2n) is 3.82. The number of ether oxygens (including phenoxy) is 2. The number of hydrogen-bond donors (Lipinski definition) is 1. The van der Waals surface area contributed by atoms with Gasteiger partial charge >= 0.3 is 0 Å². The standard InChI is InChI=1S/C14H10F2N4O2/c1-21-2-3-22-14-11(15)4-10(5-12(14)16)20-13(8-19)9(6-17)7-18/h4-5,20H,2-3H2,1H3. The Kier molecular flexibility index (Phi) is 6.31. The number of rotatable bonds is 6. The highest BCUT2D eigenvalue weighted by Gasteiger charge is 2.14. The summed E-state index contributed by atoms with van der Waals surface area (Å²) in [4.78, 5) is 0. The minimum atomic E-state index is -0.994. The molecule has 0 aliphatic rings. The quantitative estimate of drug-likeness (QED) is 0.638. The van der Waals surface area contributed by atoms with Crippen molar-refractivity contribution in [2.24, 2.45) is 0 Å². The lowest BCUT2D eigenvalue weighted by Gasteiger charge is -2.10. The van der Waals surface area contributed by atoms with Crippen molar-refractivity contribution in [2.75, 3.05) is 25.6 Å². The van der Waals surface area contributed by atoms with Crippen molar-refractivity contribution in [3.05, 3.63) is 35.0 Å². The SMILES string of the molecule is COCCOc1c(F)cc(NC(C#N)=C(C#N)C#N)cc1F. The molecule has 6 nitrogen and oxygen atoms in total. The number of nitrogens with one attached hydrogen (secondary N) is 1. The molecule has 0 aliphatic carbocycles. The molecular formula is C14H10F2N4O2. The van der Waals surface area contributed by atoms with Crippen LogP contribution in [-0.2, 0) is 4.74 Å². The van der Waals surface area contributed by atoms with E-state index in [1.54, 1.807) is 6.07 Å². The molecule has 0 amide bonds. The molecule has 0 atom stereocenters. The van der Waals surface area contributed by atoms with E-state index in [9.17, 15) is 8.78 Å². The van der Waals surface area contributed by atoms with Crippen LogP contribution in [0.25, 0.3) is 0 Å². The monoisotopic (exact) mass is 304 g/mol.